The number of nitrogens with zero attached hydrogens (tertiary/aromatic N) is 3. The molecule has 2 aromatic heterocycles. The molecule has 1 unspecified atom stereocenters. The summed E-state index contributed by atoms with van der Waals surface area (Å²) in [5, 5.41) is 0.340. The van der Waals surface area contributed by atoms with Crippen molar-refractivity contribution in [1.29, 1.82) is 0 Å². The number of fused-ring (bicyclic) bond motifs is 1. The van der Waals surface area contributed by atoms with Crippen LogP contribution in [0.2, 0.25) is 5.02 Å². The van der Waals surface area contributed by atoms with Gasteiger partial charge in [0.05, 0.1) is 29.8 Å². The Hall–Kier alpha value is -2.44. The van der Waals surface area contributed by atoms with Crippen LogP contribution in [0.15, 0.2) is 48.9 Å². The van der Waals surface area contributed by atoms with E-state index in [2.05, 4.69) is 15.5 Å². The van der Waals surface area contributed by atoms with Crippen LogP contribution in [0.5, 0.6) is 0 Å². The molecular formula is C25H27ClFN3O2. The first kappa shape index (κ1) is 21.4. The molecule has 0 radical (unpaired) electrons. The van der Waals surface area contributed by atoms with Gasteiger partial charge in [0.2, 0.25) is 5.91 Å². The lowest BCUT2D eigenvalue weighted by atomic mass is 9.77. The second-order valence-electron chi connectivity index (χ2n) is 8.98. The number of hydrogen-bond acceptors (Lipinski definition) is 3. The van der Waals surface area contributed by atoms with E-state index in [-0.39, 0.29) is 17.6 Å². The maximum Gasteiger partial charge on any atom is 0.233 e. The SMILES string of the molecule is O=C(N1CCOCC(Cc2nccn3cccc23)C1)C1(c2ccc(F)cc2Cl)CCCC1. The summed E-state index contributed by atoms with van der Waals surface area (Å²) in [6.45, 7) is 2.28. The molecule has 168 valence electrons. The van der Waals surface area contributed by atoms with E-state index < -0.39 is 5.41 Å². The van der Waals surface area contributed by atoms with Crippen molar-refractivity contribution in [2.75, 3.05) is 26.3 Å². The van der Waals surface area contributed by atoms with Crippen molar-refractivity contribution in [3.63, 3.8) is 0 Å². The van der Waals surface area contributed by atoms with E-state index in [0.717, 1.165) is 48.9 Å². The van der Waals surface area contributed by atoms with Crippen molar-refractivity contribution in [2.24, 2.45) is 5.92 Å². The van der Waals surface area contributed by atoms with Gasteiger partial charge >= 0.3 is 0 Å². The Labute approximate surface area is 192 Å². The van der Waals surface area contributed by atoms with Gasteiger partial charge in [0, 0.05) is 42.6 Å². The largest absolute Gasteiger partial charge is 0.379 e. The highest BCUT2D eigenvalue weighted by Crippen LogP contribution is 2.45. The summed E-state index contributed by atoms with van der Waals surface area (Å²) in [6, 6.07) is 8.50. The molecule has 0 spiro atoms. The highest BCUT2D eigenvalue weighted by molar-refractivity contribution is 6.31. The summed E-state index contributed by atoms with van der Waals surface area (Å²) in [4.78, 5) is 20.5. The van der Waals surface area contributed by atoms with Crippen LogP contribution in [-0.2, 0) is 21.4 Å². The average Bonchev–Trinajstić information content (AvgIpc) is 3.41. The van der Waals surface area contributed by atoms with Crippen molar-refractivity contribution < 1.29 is 13.9 Å². The average molecular weight is 456 g/mol. The van der Waals surface area contributed by atoms with Gasteiger partial charge in [0.15, 0.2) is 0 Å². The lowest BCUT2D eigenvalue weighted by Crippen LogP contribution is -2.48. The first-order chi connectivity index (χ1) is 15.6. The maximum atomic E-state index is 14.0. The quantitative estimate of drug-likeness (QED) is 0.575. The summed E-state index contributed by atoms with van der Waals surface area (Å²) < 4.78 is 21.7. The van der Waals surface area contributed by atoms with E-state index in [9.17, 15) is 9.18 Å². The monoisotopic (exact) mass is 455 g/mol. The first-order valence-electron chi connectivity index (χ1n) is 11.3. The highest BCUT2D eigenvalue weighted by Gasteiger charge is 2.46. The maximum absolute atomic E-state index is 14.0. The zero-order chi connectivity index (χ0) is 22.1. The van der Waals surface area contributed by atoms with Crippen molar-refractivity contribution in [3.05, 3.63) is 71.0 Å². The van der Waals surface area contributed by atoms with Crippen LogP contribution in [0.1, 0.15) is 36.9 Å². The van der Waals surface area contributed by atoms with Crippen molar-refractivity contribution >= 4 is 23.0 Å². The third-order valence-electron chi connectivity index (χ3n) is 6.95. The second kappa shape index (κ2) is 8.83. The van der Waals surface area contributed by atoms with E-state index in [4.69, 9.17) is 16.3 Å². The molecule has 1 aromatic carbocycles. The molecule has 0 N–H and O–H groups in total. The molecule has 2 fully saturated rings. The van der Waals surface area contributed by atoms with Gasteiger partial charge < -0.3 is 14.0 Å². The van der Waals surface area contributed by atoms with E-state index in [1.807, 2.05) is 29.6 Å². The van der Waals surface area contributed by atoms with Crippen molar-refractivity contribution in [2.45, 2.75) is 37.5 Å². The Balaban J connectivity index is 1.41. The number of ether oxygens (including phenoxy) is 1. The number of aromatic nitrogens is 2. The minimum absolute atomic E-state index is 0.0906. The van der Waals surface area contributed by atoms with Crippen molar-refractivity contribution in [1.82, 2.24) is 14.3 Å². The molecule has 2 aliphatic rings. The lowest BCUT2D eigenvalue weighted by molar-refractivity contribution is -0.137. The molecule has 1 aliphatic heterocycles. The normalized spacial score (nSPS) is 21.1. The molecule has 5 nitrogen and oxygen atoms in total. The predicted molar refractivity (Wildman–Crippen MR) is 121 cm³/mol. The number of benzene rings is 1. The molecular weight excluding hydrogens is 429 g/mol. The second-order valence-corrected chi connectivity index (χ2v) is 9.39. The Bertz CT molecular complexity index is 1130. The summed E-state index contributed by atoms with van der Waals surface area (Å²) in [7, 11) is 0. The number of hydrogen-bond donors (Lipinski definition) is 0. The number of halogens is 2. The third-order valence-corrected chi connectivity index (χ3v) is 7.27. The molecule has 1 atom stereocenters. The number of rotatable bonds is 4. The van der Waals surface area contributed by atoms with Gasteiger partial charge in [-0.2, -0.15) is 0 Å². The number of carbonyl (C=O) groups excluding carboxylic acids is 1. The summed E-state index contributed by atoms with van der Waals surface area (Å²) in [5.41, 5.74) is 2.17. The van der Waals surface area contributed by atoms with Crippen LogP contribution in [-0.4, -0.2) is 46.5 Å². The van der Waals surface area contributed by atoms with Crippen LogP contribution in [0.3, 0.4) is 0 Å². The zero-order valence-electron chi connectivity index (χ0n) is 18.0. The van der Waals surface area contributed by atoms with Gasteiger partial charge in [-0.25, -0.2) is 4.39 Å². The van der Waals surface area contributed by atoms with E-state index in [0.29, 0.717) is 31.3 Å². The summed E-state index contributed by atoms with van der Waals surface area (Å²) in [5.74, 6) is -0.139. The zero-order valence-corrected chi connectivity index (χ0v) is 18.7. The van der Waals surface area contributed by atoms with Crippen molar-refractivity contribution in [3.8, 4) is 0 Å². The summed E-state index contributed by atoms with van der Waals surface area (Å²) >= 11 is 6.45. The fourth-order valence-corrected chi connectivity index (χ4v) is 5.75. The van der Waals surface area contributed by atoms with Gasteiger partial charge in [0.25, 0.3) is 0 Å². The van der Waals surface area contributed by atoms with Crippen LogP contribution in [0.25, 0.3) is 5.52 Å². The molecule has 3 heterocycles. The fraction of sp³-hybridized carbons (Fsp3) is 0.440. The molecule has 5 rings (SSSR count). The minimum atomic E-state index is -0.681. The Morgan fingerprint density at radius 1 is 1.25 bits per heavy atom. The topological polar surface area (TPSA) is 46.8 Å². The first-order valence-corrected chi connectivity index (χ1v) is 11.7. The Kier molecular flexibility index (Phi) is 5.91. The van der Waals surface area contributed by atoms with Gasteiger partial charge in [-0.1, -0.05) is 30.5 Å². The van der Waals surface area contributed by atoms with Gasteiger partial charge in [-0.05, 0) is 49.1 Å². The minimum Gasteiger partial charge on any atom is -0.379 e. The molecule has 0 bridgehead atoms. The van der Waals surface area contributed by atoms with Gasteiger partial charge in [-0.3, -0.25) is 9.78 Å². The van der Waals surface area contributed by atoms with E-state index in [1.165, 1.54) is 12.1 Å². The smallest absolute Gasteiger partial charge is 0.233 e. The van der Waals surface area contributed by atoms with Crippen LogP contribution in [0, 0.1) is 11.7 Å². The van der Waals surface area contributed by atoms with E-state index >= 15 is 0 Å². The standard InChI is InChI=1S/C25H27ClFN3O2/c26-21-15-19(27)5-6-20(21)25(7-1-2-8-25)24(31)30-12-13-32-17-18(16-30)14-22-23-4-3-10-29(23)11-9-28-22/h3-6,9-11,15,18H,1-2,7-8,12-14,16-17H2. The molecule has 1 saturated heterocycles. The van der Waals surface area contributed by atoms with E-state index in [1.54, 1.807) is 6.07 Å². The molecule has 7 heteroatoms. The molecule has 1 saturated carbocycles. The van der Waals surface area contributed by atoms with Crippen LogP contribution < -0.4 is 0 Å². The highest BCUT2D eigenvalue weighted by atomic mass is 35.5. The van der Waals surface area contributed by atoms with Crippen LogP contribution >= 0.6 is 11.6 Å². The lowest BCUT2D eigenvalue weighted by Gasteiger charge is -2.35. The number of carbonyl (C=O) groups is 1. The molecule has 1 amide bonds. The Morgan fingerprint density at radius 2 is 2.09 bits per heavy atom. The van der Waals surface area contributed by atoms with Gasteiger partial charge in [-0.15, -0.1) is 0 Å². The summed E-state index contributed by atoms with van der Waals surface area (Å²) in [6.07, 6.45) is 9.91. The third kappa shape index (κ3) is 3.90. The number of amides is 1. The van der Waals surface area contributed by atoms with Gasteiger partial charge in [0.1, 0.15) is 5.82 Å². The predicted octanol–water partition coefficient (Wildman–Crippen LogP) is 4.66. The molecule has 1 aliphatic carbocycles. The van der Waals surface area contributed by atoms with Crippen LogP contribution in [0.4, 0.5) is 4.39 Å². The fourth-order valence-electron chi connectivity index (χ4n) is 5.41. The molecule has 32 heavy (non-hydrogen) atoms. The molecule has 3 aromatic rings. The Morgan fingerprint density at radius 3 is 2.91 bits per heavy atom.